The maximum atomic E-state index is 12.5. The van der Waals surface area contributed by atoms with E-state index in [9.17, 15) is 13.2 Å². The van der Waals surface area contributed by atoms with Gasteiger partial charge >= 0.3 is 6.18 Å². The standard InChI is InChI=1S/C10H9F3N2S/c1-6-2-8(16-5-6)3-7-4-14-15-9(7)10(11,12)13/h2,4-5H,3H2,1H3,(H,14,15). The molecule has 0 radical (unpaired) electrons. The van der Waals surface area contributed by atoms with Crippen LogP contribution in [0.25, 0.3) is 0 Å². The minimum Gasteiger partial charge on any atom is -0.273 e. The molecule has 0 spiro atoms. The summed E-state index contributed by atoms with van der Waals surface area (Å²) in [5.41, 5.74) is 0.505. The third-order valence-electron chi connectivity index (χ3n) is 2.15. The van der Waals surface area contributed by atoms with Gasteiger partial charge < -0.3 is 0 Å². The zero-order valence-electron chi connectivity index (χ0n) is 8.43. The van der Waals surface area contributed by atoms with Crippen LogP contribution in [0.1, 0.15) is 21.7 Å². The second kappa shape index (κ2) is 3.93. The minimum atomic E-state index is -4.36. The van der Waals surface area contributed by atoms with E-state index in [-0.39, 0.29) is 12.0 Å². The fourth-order valence-electron chi connectivity index (χ4n) is 1.46. The number of halogens is 3. The lowest BCUT2D eigenvalue weighted by Gasteiger charge is -2.05. The van der Waals surface area contributed by atoms with E-state index in [2.05, 4.69) is 5.10 Å². The Hall–Kier alpha value is -1.30. The molecule has 0 aliphatic heterocycles. The van der Waals surface area contributed by atoms with Gasteiger partial charge in [0.25, 0.3) is 0 Å². The highest BCUT2D eigenvalue weighted by molar-refractivity contribution is 7.10. The molecule has 2 aromatic rings. The minimum absolute atomic E-state index is 0.189. The molecular formula is C10H9F3N2S. The smallest absolute Gasteiger partial charge is 0.273 e. The van der Waals surface area contributed by atoms with Crippen LogP contribution in [-0.2, 0) is 12.6 Å². The van der Waals surface area contributed by atoms with Crippen molar-refractivity contribution in [2.45, 2.75) is 19.5 Å². The molecule has 2 nitrogen and oxygen atoms in total. The summed E-state index contributed by atoms with van der Waals surface area (Å²) in [6, 6.07) is 1.89. The predicted octanol–water partition coefficient (Wildman–Crippen LogP) is 3.39. The Morgan fingerprint density at radius 3 is 2.75 bits per heavy atom. The Morgan fingerprint density at radius 2 is 2.19 bits per heavy atom. The van der Waals surface area contributed by atoms with Crippen LogP contribution in [-0.4, -0.2) is 10.2 Å². The van der Waals surface area contributed by atoms with Crippen molar-refractivity contribution in [1.82, 2.24) is 10.2 Å². The lowest BCUT2D eigenvalue weighted by molar-refractivity contribution is -0.141. The van der Waals surface area contributed by atoms with Gasteiger partial charge in [-0.15, -0.1) is 11.3 Å². The van der Waals surface area contributed by atoms with Gasteiger partial charge in [0.05, 0.1) is 6.20 Å². The number of nitrogens with zero attached hydrogens (tertiary/aromatic N) is 1. The molecule has 6 heteroatoms. The highest BCUT2D eigenvalue weighted by Crippen LogP contribution is 2.31. The van der Waals surface area contributed by atoms with Gasteiger partial charge in [0.1, 0.15) is 5.69 Å². The normalized spacial score (nSPS) is 12.0. The zero-order chi connectivity index (χ0) is 11.8. The van der Waals surface area contributed by atoms with Crippen LogP contribution >= 0.6 is 11.3 Å². The molecule has 0 saturated carbocycles. The van der Waals surface area contributed by atoms with Crippen molar-refractivity contribution in [2.75, 3.05) is 0 Å². The van der Waals surface area contributed by atoms with Crippen LogP contribution in [0.4, 0.5) is 13.2 Å². The lowest BCUT2D eigenvalue weighted by atomic mass is 10.1. The number of hydrogen-bond donors (Lipinski definition) is 1. The van der Waals surface area contributed by atoms with E-state index in [1.807, 2.05) is 23.5 Å². The van der Waals surface area contributed by atoms with Crippen LogP contribution in [0.2, 0.25) is 0 Å². The van der Waals surface area contributed by atoms with Crippen LogP contribution in [0.3, 0.4) is 0 Å². The molecule has 0 aliphatic carbocycles. The molecule has 0 aliphatic rings. The Kier molecular flexibility index (Phi) is 2.75. The lowest BCUT2D eigenvalue weighted by Crippen LogP contribution is -2.08. The van der Waals surface area contributed by atoms with Crippen molar-refractivity contribution < 1.29 is 13.2 Å². The number of aromatic amines is 1. The first-order valence-corrected chi connectivity index (χ1v) is 5.48. The Labute approximate surface area is 94.1 Å². The van der Waals surface area contributed by atoms with Crippen LogP contribution < -0.4 is 0 Å². The second-order valence-electron chi connectivity index (χ2n) is 3.54. The zero-order valence-corrected chi connectivity index (χ0v) is 9.25. The molecule has 0 aromatic carbocycles. The van der Waals surface area contributed by atoms with E-state index in [1.165, 1.54) is 17.5 Å². The van der Waals surface area contributed by atoms with E-state index in [1.54, 1.807) is 0 Å². The predicted molar refractivity (Wildman–Crippen MR) is 55.5 cm³/mol. The molecule has 2 heterocycles. The molecule has 0 fully saturated rings. The van der Waals surface area contributed by atoms with Crippen molar-refractivity contribution in [1.29, 1.82) is 0 Å². The van der Waals surface area contributed by atoms with Gasteiger partial charge in [-0.05, 0) is 23.9 Å². The monoisotopic (exact) mass is 246 g/mol. The topological polar surface area (TPSA) is 28.7 Å². The van der Waals surface area contributed by atoms with Gasteiger partial charge in [-0.1, -0.05) is 0 Å². The fraction of sp³-hybridized carbons (Fsp3) is 0.300. The first kappa shape index (κ1) is 11.2. The summed E-state index contributed by atoms with van der Waals surface area (Å²) in [5.74, 6) is 0. The molecule has 0 amide bonds. The number of aryl methyl sites for hydroxylation is 1. The fourth-order valence-corrected chi connectivity index (χ4v) is 2.36. The quantitative estimate of drug-likeness (QED) is 0.864. The molecule has 2 rings (SSSR count). The molecule has 0 atom stereocenters. The summed E-state index contributed by atoms with van der Waals surface area (Å²) < 4.78 is 37.6. The number of H-pyrrole nitrogens is 1. The summed E-state index contributed by atoms with van der Waals surface area (Å²) in [6.07, 6.45) is -2.86. The Bertz CT molecular complexity index is 484. The number of rotatable bonds is 2. The molecule has 0 unspecified atom stereocenters. The molecular weight excluding hydrogens is 237 g/mol. The number of alkyl halides is 3. The summed E-state index contributed by atoms with van der Waals surface area (Å²) >= 11 is 1.46. The maximum absolute atomic E-state index is 12.5. The van der Waals surface area contributed by atoms with Gasteiger partial charge in [-0.25, -0.2) is 0 Å². The average molecular weight is 246 g/mol. The van der Waals surface area contributed by atoms with Crippen LogP contribution in [0.5, 0.6) is 0 Å². The van der Waals surface area contributed by atoms with Crippen LogP contribution in [0.15, 0.2) is 17.6 Å². The highest BCUT2D eigenvalue weighted by atomic mass is 32.1. The summed E-state index contributed by atoms with van der Waals surface area (Å²) in [6.45, 7) is 1.92. The molecule has 0 saturated heterocycles. The first-order chi connectivity index (χ1) is 7.47. The van der Waals surface area contributed by atoms with E-state index in [0.29, 0.717) is 0 Å². The van der Waals surface area contributed by atoms with E-state index < -0.39 is 11.9 Å². The van der Waals surface area contributed by atoms with Gasteiger partial charge in [0, 0.05) is 16.9 Å². The van der Waals surface area contributed by atoms with Crippen molar-refractivity contribution in [2.24, 2.45) is 0 Å². The van der Waals surface area contributed by atoms with Gasteiger partial charge in [0.15, 0.2) is 0 Å². The maximum Gasteiger partial charge on any atom is 0.433 e. The van der Waals surface area contributed by atoms with Crippen molar-refractivity contribution in [3.63, 3.8) is 0 Å². The third-order valence-corrected chi connectivity index (χ3v) is 3.21. The van der Waals surface area contributed by atoms with E-state index >= 15 is 0 Å². The Balaban J connectivity index is 2.25. The molecule has 2 aromatic heterocycles. The number of thiophene rings is 1. The Morgan fingerprint density at radius 1 is 1.44 bits per heavy atom. The SMILES string of the molecule is Cc1csc(Cc2cn[nH]c2C(F)(F)F)c1. The third kappa shape index (κ3) is 2.27. The summed E-state index contributed by atoms with van der Waals surface area (Å²) in [5, 5.41) is 7.37. The van der Waals surface area contributed by atoms with E-state index in [0.717, 1.165) is 10.4 Å². The second-order valence-corrected chi connectivity index (χ2v) is 4.53. The molecule has 86 valence electrons. The summed E-state index contributed by atoms with van der Waals surface area (Å²) in [4.78, 5) is 0.907. The van der Waals surface area contributed by atoms with E-state index in [4.69, 9.17) is 0 Å². The average Bonchev–Trinajstić information content (AvgIpc) is 2.74. The number of nitrogens with one attached hydrogen (secondary N) is 1. The van der Waals surface area contributed by atoms with Gasteiger partial charge in [-0.2, -0.15) is 18.3 Å². The summed E-state index contributed by atoms with van der Waals surface area (Å²) in [7, 11) is 0. The number of hydrogen-bond acceptors (Lipinski definition) is 2. The number of aromatic nitrogens is 2. The van der Waals surface area contributed by atoms with Crippen molar-refractivity contribution in [3.05, 3.63) is 39.3 Å². The van der Waals surface area contributed by atoms with Gasteiger partial charge in [0.2, 0.25) is 0 Å². The highest BCUT2D eigenvalue weighted by Gasteiger charge is 2.35. The molecule has 0 bridgehead atoms. The molecule has 16 heavy (non-hydrogen) atoms. The van der Waals surface area contributed by atoms with Crippen molar-refractivity contribution >= 4 is 11.3 Å². The first-order valence-electron chi connectivity index (χ1n) is 4.60. The van der Waals surface area contributed by atoms with Crippen molar-refractivity contribution in [3.8, 4) is 0 Å². The molecule has 1 N–H and O–H groups in total. The van der Waals surface area contributed by atoms with Crippen LogP contribution in [0, 0.1) is 6.92 Å². The van der Waals surface area contributed by atoms with Gasteiger partial charge in [-0.3, -0.25) is 5.10 Å². The largest absolute Gasteiger partial charge is 0.433 e.